The highest BCUT2D eigenvalue weighted by molar-refractivity contribution is 5.91. The van der Waals surface area contributed by atoms with Gasteiger partial charge in [-0.3, -0.25) is 14.9 Å². The standard InChI is InChI=1S/C18H18N4O2/c1-11(2)14-10-13-8-12(4-5-15(13)21-17(14)24)9-16(23)22-18-19-6-3-7-20-18/h3-8,10-11H,9H2,1-2H3,(H,21,24)(H,19,20,22,23). The number of nitrogens with zero attached hydrogens (tertiary/aromatic N) is 2. The van der Waals surface area contributed by atoms with Crippen molar-refractivity contribution >= 4 is 22.8 Å². The van der Waals surface area contributed by atoms with Crippen LogP contribution in [0.2, 0.25) is 0 Å². The lowest BCUT2D eigenvalue weighted by Gasteiger charge is -2.08. The van der Waals surface area contributed by atoms with Crippen molar-refractivity contribution in [3.05, 3.63) is 64.2 Å². The lowest BCUT2D eigenvalue weighted by molar-refractivity contribution is -0.115. The molecule has 2 heterocycles. The Morgan fingerprint density at radius 3 is 2.67 bits per heavy atom. The van der Waals surface area contributed by atoms with Crippen molar-refractivity contribution in [2.75, 3.05) is 5.32 Å². The minimum atomic E-state index is -0.186. The van der Waals surface area contributed by atoms with E-state index in [4.69, 9.17) is 0 Å². The fraction of sp³-hybridized carbons (Fsp3) is 0.222. The number of carbonyl (C=O) groups is 1. The fourth-order valence-corrected chi connectivity index (χ4v) is 2.53. The maximum atomic E-state index is 12.1. The summed E-state index contributed by atoms with van der Waals surface area (Å²) in [7, 11) is 0. The van der Waals surface area contributed by atoms with E-state index in [0.29, 0.717) is 0 Å². The maximum Gasteiger partial charge on any atom is 0.251 e. The van der Waals surface area contributed by atoms with Crippen molar-refractivity contribution in [3.8, 4) is 0 Å². The molecule has 2 N–H and O–H groups in total. The average molecular weight is 322 g/mol. The predicted molar refractivity (Wildman–Crippen MR) is 93.0 cm³/mol. The molecule has 0 fully saturated rings. The number of aromatic nitrogens is 3. The quantitative estimate of drug-likeness (QED) is 0.773. The van der Waals surface area contributed by atoms with Gasteiger partial charge in [-0.2, -0.15) is 0 Å². The second kappa shape index (κ2) is 6.62. The number of hydrogen-bond acceptors (Lipinski definition) is 4. The molecule has 122 valence electrons. The van der Waals surface area contributed by atoms with E-state index >= 15 is 0 Å². The van der Waals surface area contributed by atoms with Gasteiger partial charge in [0.05, 0.1) is 6.42 Å². The van der Waals surface area contributed by atoms with E-state index in [-0.39, 0.29) is 29.8 Å². The third kappa shape index (κ3) is 3.48. The highest BCUT2D eigenvalue weighted by atomic mass is 16.1. The zero-order valence-corrected chi connectivity index (χ0v) is 13.5. The number of benzene rings is 1. The summed E-state index contributed by atoms with van der Waals surface area (Å²) in [5.41, 5.74) is 2.30. The van der Waals surface area contributed by atoms with Gasteiger partial charge >= 0.3 is 0 Å². The molecular formula is C18H18N4O2. The number of aromatic amines is 1. The third-order valence-electron chi connectivity index (χ3n) is 3.74. The van der Waals surface area contributed by atoms with Crippen LogP contribution in [-0.2, 0) is 11.2 Å². The topological polar surface area (TPSA) is 87.7 Å². The number of rotatable bonds is 4. The summed E-state index contributed by atoms with van der Waals surface area (Å²) in [5.74, 6) is 0.240. The van der Waals surface area contributed by atoms with Crippen LogP contribution in [0.5, 0.6) is 0 Å². The van der Waals surface area contributed by atoms with Gasteiger partial charge in [0, 0.05) is 23.5 Å². The van der Waals surface area contributed by atoms with Gasteiger partial charge in [-0.15, -0.1) is 0 Å². The molecule has 0 aliphatic rings. The summed E-state index contributed by atoms with van der Waals surface area (Å²) in [5, 5.41) is 3.57. The molecule has 24 heavy (non-hydrogen) atoms. The van der Waals surface area contributed by atoms with Crippen LogP contribution < -0.4 is 10.9 Å². The van der Waals surface area contributed by atoms with Crippen LogP contribution in [0, 0.1) is 0 Å². The van der Waals surface area contributed by atoms with E-state index < -0.39 is 0 Å². The first-order valence-electron chi connectivity index (χ1n) is 7.75. The van der Waals surface area contributed by atoms with Crippen molar-refractivity contribution < 1.29 is 4.79 Å². The lowest BCUT2D eigenvalue weighted by atomic mass is 10.0. The molecule has 0 saturated carbocycles. The number of amides is 1. The number of carbonyl (C=O) groups excluding carboxylic acids is 1. The average Bonchev–Trinajstić information content (AvgIpc) is 2.55. The summed E-state index contributed by atoms with van der Waals surface area (Å²) in [6.07, 6.45) is 3.36. The zero-order chi connectivity index (χ0) is 17.1. The van der Waals surface area contributed by atoms with Crippen LogP contribution in [0.4, 0.5) is 5.95 Å². The van der Waals surface area contributed by atoms with E-state index in [9.17, 15) is 9.59 Å². The molecule has 3 rings (SSSR count). The summed E-state index contributed by atoms with van der Waals surface area (Å²) in [6.45, 7) is 3.96. The summed E-state index contributed by atoms with van der Waals surface area (Å²) < 4.78 is 0. The fourth-order valence-electron chi connectivity index (χ4n) is 2.53. The number of nitrogens with one attached hydrogen (secondary N) is 2. The van der Waals surface area contributed by atoms with Gasteiger partial charge < -0.3 is 4.98 Å². The Bertz CT molecular complexity index is 933. The first-order valence-corrected chi connectivity index (χ1v) is 7.75. The predicted octanol–water partition coefficient (Wildman–Crippen LogP) is 2.62. The molecule has 2 aromatic heterocycles. The molecule has 0 aliphatic heterocycles. The van der Waals surface area contributed by atoms with Crippen LogP contribution >= 0.6 is 0 Å². The number of H-pyrrole nitrogens is 1. The normalized spacial score (nSPS) is 11.0. The van der Waals surface area contributed by atoms with Crippen molar-refractivity contribution in [1.82, 2.24) is 15.0 Å². The Morgan fingerprint density at radius 2 is 1.96 bits per heavy atom. The minimum Gasteiger partial charge on any atom is -0.322 e. The van der Waals surface area contributed by atoms with Gasteiger partial charge in [0.25, 0.3) is 5.56 Å². The van der Waals surface area contributed by atoms with Crippen LogP contribution in [0.25, 0.3) is 10.9 Å². The molecule has 6 heteroatoms. The summed E-state index contributed by atoms with van der Waals surface area (Å²) in [4.78, 5) is 34.9. The Labute approximate surface area is 139 Å². The van der Waals surface area contributed by atoms with Gasteiger partial charge in [-0.05, 0) is 41.1 Å². The van der Waals surface area contributed by atoms with Gasteiger partial charge in [0.2, 0.25) is 11.9 Å². The lowest BCUT2D eigenvalue weighted by Crippen LogP contribution is -2.16. The van der Waals surface area contributed by atoms with E-state index in [1.807, 2.05) is 38.1 Å². The van der Waals surface area contributed by atoms with Crippen molar-refractivity contribution in [3.63, 3.8) is 0 Å². The molecule has 0 aliphatic carbocycles. The smallest absolute Gasteiger partial charge is 0.251 e. The van der Waals surface area contributed by atoms with E-state index in [2.05, 4.69) is 20.3 Å². The Hall–Kier alpha value is -3.02. The van der Waals surface area contributed by atoms with Crippen LogP contribution in [-0.4, -0.2) is 20.9 Å². The maximum absolute atomic E-state index is 12.1. The molecule has 3 aromatic rings. The van der Waals surface area contributed by atoms with Crippen LogP contribution in [0.15, 0.2) is 47.5 Å². The third-order valence-corrected chi connectivity index (χ3v) is 3.74. The molecule has 1 amide bonds. The minimum absolute atomic E-state index is 0.0655. The number of fused-ring (bicyclic) bond motifs is 1. The van der Waals surface area contributed by atoms with Crippen molar-refractivity contribution in [1.29, 1.82) is 0 Å². The number of anilines is 1. The first-order chi connectivity index (χ1) is 11.5. The molecule has 1 aromatic carbocycles. The molecular weight excluding hydrogens is 304 g/mol. The van der Waals surface area contributed by atoms with Gasteiger partial charge in [0.15, 0.2) is 0 Å². The molecule has 0 saturated heterocycles. The largest absolute Gasteiger partial charge is 0.322 e. The van der Waals surface area contributed by atoms with Crippen molar-refractivity contribution in [2.24, 2.45) is 0 Å². The Balaban J connectivity index is 1.83. The first kappa shape index (κ1) is 15.9. The van der Waals surface area contributed by atoms with Gasteiger partial charge in [-0.1, -0.05) is 19.9 Å². The Kier molecular flexibility index (Phi) is 4.37. The van der Waals surface area contributed by atoms with E-state index in [1.54, 1.807) is 18.5 Å². The zero-order valence-electron chi connectivity index (χ0n) is 13.5. The molecule has 0 spiro atoms. The van der Waals surface area contributed by atoms with Crippen molar-refractivity contribution in [2.45, 2.75) is 26.2 Å². The van der Waals surface area contributed by atoms with Gasteiger partial charge in [0.1, 0.15) is 0 Å². The van der Waals surface area contributed by atoms with Crippen LogP contribution in [0.3, 0.4) is 0 Å². The van der Waals surface area contributed by atoms with E-state index in [1.165, 1.54) is 0 Å². The molecule has 0 radical (unpaired) electrons. The summed E-state index contributed by atoms with van der Waals surface area (Å²) in [6, 6.07) is 9.15. The van der Waals surface area contributed by atoms with Crippen LogP contribution in [0.1, 0.15) is 30.9 Å². The number of hydrogen-bond donors (Lipinski definition) is 2. The second-order valence-corrected chi connectivity index (χ2v) is 5.93. The Morgan fingerprint density at radius 1 is 1.21 bits per heavy atom. The SMILES string of the molecule is CC(C)c1cc2cc(CC(=O)Nc3ncccn3)ccc2[nH]c1=O. The highest BCUT2D eigenvalue weighted by Gasteiger charge is 2.09. The molecule has 0 unspecified atom stereocenters. The van der Waals surface area contributed by atoms with E-state index in [0.717, 1.165) is 22.0 Å². The summed E-state index contributed by atoms with van der Waals surface area (Å²) >= 11 is 0. The monoisotopic (exact) mass is 322 g/mol. The molecule has 6 nitrogen and oxygen atoms in total. The number of pyridine rings is 1. The highest BCUT2D eigenvalue weighted by Crippen LogP contribution is 2.18. The second-order valence-electron chi connectivity index (χ2n) is 5.93. The molecule has 0 atom stereocenters. The van der Waals surface area contributed by atoms with Gasteiger partial charge in [-0.25, -0.2) is 9.97 Å². The molecule has 0 bridgehead atoms.